The SMILES string of the molecule is O=C(c1ccccc1)c1cccn1CC(=O)N1CCOCC1. The second kappa shape index (κ2) is 6.58. The van der Waals surface area contributed by atoms with Crippen LogP contribution in [0.25, 0.3) is 0 Å². The zero-order chi connectivity index (χ0) is 15.4. The fourth-order valence-electron chi connectivity index (χ4n) is 2.55. The molecule has 1 saturated heterocycles. The van der Waals surface area contributed by atoms with Crippen LogP contribution < -0.4 is 0 Å². The molecule has 1 aliphatic heterocycles. The molecule has 2 aromatic rings. The van der Waals surface area contributed by atoms with Crippen LogP contribution in [-0.4, -0.2) is 47.5 Å². The maximum atomic E-state index is 12.5. The van der Waals surface area contributed by atoms with E-state index in [9.17, 15) is 9.59 Å². The van der Waals surface area contributed by atoms with Crippen LogP contribution >= 0.6 is 0 Å². The van der Waals surface area contributed by atoms with Gasteiger partial charge in [-0.15, -0.1) is 0 Å². The summed E-state index contributed by atoms with van der Waals surface area (Å²) in [6, 6.07) is 12.6. The fraction of sp³-hybridized carbons (Fsp3) is 0.294. The van der Waals surface area contributed by atoms with E-state index in [1.165, 1.54) is 0 Å². The van der Waals surface area contributed by atoms with Crippen molar-refractivity contribution in [3.05, 3.63) is 59.9 Å². The number of hydrogen-bond acceptors (Lipinski definition) is 3. The highest BCUT2D eigenvalue weighted by atomic mass is 16.5. The molecular weight excluding hydrogens is 280 g/mol. The Morgan fingerprint density at radius 2 is 1.73 bits per heavy atom. The van der Waals surface area contributed by atoms with Gasteiger partial charge in [-0.05, 0) is 12.1 Å². The zero-order valence-corrected chi connectivity index (χ0v) is 12.3. The van der Waals surface area contributed by atoms with Gasteiger partial charge in [-0.2, -0.15) is 0 Å². The number of nitrogens with zero attached hydrogens (tertiary/aromatic N) is 2. The van der Waals surface area contributed by atoms with Crippen molar-refractivity contribution in [3.63, 3.8) is 0 Å². The van der Waals surface area contributed by atoms with E-state index in [2.05, 4.69) is 0 Å². The standard InChI is InChI=1S/C17H18N2O3/c20-16(18-9-11-22-12-10-18)13-19-8-4-7-15(19)17(21)14-5-2-1-3-6-14/h1-8H,9-13H2. The first-order chi connectivity index (χ1) is 10.8. The second-order valence-electron chi connectivity index (χ2n) is 5.21. The Balaban J connectivity index is 1.74. The molecule has 0 atom stereocenters. The molecule has 1 aromatic carbocycles. The lowest BCUT2D eigenvalue weighted by molar-refractivity contribution is -0.135. The summed E-state index contributed by atoms with van der Waals surface area (Å²) in [5.41, 5.74) is 1.16. The summed E-state index contributed by atoms with van der Waals surface area (Å²) >= 11 is 0. The number of aromatic nitrogens is 1. The molecule has 5 heteroatoms. The number of ether oxygens (including phenoxy) is 1. The minimum atomic E-state index is -0.0691. The van der Waals surface area contributed by atoms with E-state index in [0.29, 0.717) is 37.6 Å². The van der Waals surface area contributed by atoms with Crippen molar-refractivity contribution >= 4 is 11.7 Å². The van der Waals surface area contributed by atoms with Gasteiger partial charge in [-0.25, -0.2) is 0 Å². The molecule has 0 radical (unpaired) electrons. The largest absolute Gasteiger partial charge is 0.378 e. The second-order valence-corrected chi connectivity index (χ2v) is 5.21. The molecular formula is C17H18N2O3. The molecule has 0 unspecified atom stereocenters. The van der Waals surface area contributed by atoms with Crippen LogP contribution in [-0.2, 0) is 16.1 Å². The van der Waals surface area contributed by atoms with Crippen LogP contribution in [0.15, 0.2) is 48.7 Å². The molecule has 3 rings (SSSR count). The average Bonchev–Trinajstić information content (AvgIpc) is 3.04. The first kappa shape index (κ1) is 14.5. The Morgan fingerprint density at radius 1 is 1.00 bits per heavy atom. The number of carbonyl (C=O) groups is 2. The highest BCUT2D eigenvalue weighted by Gasteiger charge is 2.19. The van der Waals surface area contributed by atoms with Crippen molar-refractivity contribution < 1.29 is 14.3 Å². The van der Waals surface area contributed by atoms with Crippen molar-refractivity contribution in [1.82, 2.24) is 9.47 Å². The summed E-state index contributed by atoms with van der Waals surface area (Å²) < 4.78 is 6.97. The number of rotatable bonds is 4. The normalized spacial score (nSPS) is 14.8. The average molecular weight is 298 g/mol. The van der Waals surface area contributed by atoms with Crippen LogP contribution in [0.5, 0.6) is 0 Å². The summed E-state index contributed by atoms with van der Waals surface area (Å²) in [5.74, 6) is -0.0537. The molecule has 1 aliphatic rings. The van der Waals surface area contributed by atoms with E-state index < -0.39 is 0 Å². The maximum absolute atomic E-state index is 12.5. The van der Waals surface area contributed by atoms with E-state index in [-0.39, 0.29) is 18.2 Å². The first-order valence-electron chi connectivity index (χ1n) is 7.36. The monoisotopic (exact) mass is 298 g/mol. The number of morpholine rings is 1. The third-order valence-corrected chi connectivity index (χ3v) is 3.77. The lowest BCUT2D eigenvalue weighted by atomic mass is 10.1. The summed E-state index contributed by atoms with van der Waals surface area (Å²) in [5, 5.41) is 0. The fourth-order valence-corrected chi connectivity index (χ4v) is 2.55. The number of hydrogen-bond donors (Lipinski definition) is 0. The third-order valence-electron chi connectivity index (χ3n) is 3.77. The van der Waals surface area contributed by atoms with Crippen molar-refractivity contribution in [2.75, 3.05) is 26.3 Å². The van der Waals surface area contributed by atoms with E-state index in [0.717, 1.165) is 0 Å². The molecule has 0 bridgehead atoms. The number of benzene rings is 1. The molecule has 114 valence electrons. The lowest BCUT2D eigenvalue weighted by Gasteiger charge is -2.27. The highest BCUT2D eigenvalue weighted by Crippen LogP contribution is 2.11. The molecule has 5 nitrogen and oxygen atoms in total. The third kappa shape index (κ3) is 3.09. The van der Waals surface area contributed by atoms with Gasteiger partial charge in [0, 0.05) is 24.8 Å². The van der Waals surface area contributed by atoms with Crippen molar-refractivity contribution in [1.29, 1.82) is 0 Å². The Morgan fingerprint density at radius 3 is 2.45 bits per heavy atom. The van der Waals surface area contributed by atoms with Crippen LogP contribution in [0.1, 0.15) is 16.1 Å². The minimum absolute atomic E-state index is 0.0154. The number of carbonyl (C=O) groups excluding carboxylic acids is 2. The Hall–Kier alpha value is -2.40. The Kier molecular flexibility index (Phi) is 4.34. The van der Waals surface area contributed by atoms with Gasteiger partial charge in [0.2, 0.25) is 11.7 Å². The minimum Gasteiger partial charge on any atom is -0.378 e. The van der Waals surface area contributed by atoms with E-state index >= 15 is 0 Å². The Bertz CT molecular complexity index is 658. The maximum Gasteiger partial charge on any atom is 0.242 e. The van der Waals surface area contributed by atoms with Gasteiger partial charge in [0.15, 0.2) is 0 Å². The topological polar surface area (TPSA) is 51.5 Å². The molecule has 0 spiro atoms. The molecule has 22 heavy (non-hydrogen) atoms. The van der Waals surface area contributed by atoms with Crippen LogP contribution in [0.4, 0.5) is 0 Å². The summed E-state index contributed by atoms with van der Waals surface area (Å²) in [6.07, 6.45) is 1.77. The Labute approximate surface area is 129 Å². The summed E-state index contributed by atoms with van der Waals surface area (Å²) in [4.78, 5) is 26.6. The van der Waals surface area contributed by atoms with Crippen molar-refractivity contribution in [2.24, 2.45) is 0 Å². The van der Waals surface area contributed by atoms with E-state index in [1.807, 2.05) is 18.2 Å². The molecule has 0 saturated carbocycles. The predicted octanol–water partition coefficient (Wildman–Crippen LogP) is 1.58. The first-order valence-corrected chi connectivity index (χ1v) is 7.36. The van der Waals surface area contributed by atoms with Gasteiger partial charge in [0.05, 0.1) is 18.9 Å². The molecule has 0 aliphatic carbocycles. The molecule has 1 aromatic heterocycles. The molecule has 2 heterocycles. The van der Waals surface area contributed by atoms with Gasteiger partial charge >= 0.3 is 0 Å². The quantitative estimate of drug-likeness (QED) is 0.805. The van der Waals surface area contributed by atoms with Crippen LogP contribution in [0, 0.1) is 0 Å². The van der Waals surface area contributed by atoms with Crippen molar-refractivity contribution in [3.8, 4) is 0 Å². The van der Waals surface area contributed by atoms with Gasteiger partial charge in [0.25, 0.3) is 0 Å². The van der Waals surface area contributed by atoms with Crippen LogP contribution in [0.2, 0.25) is 0 Å². The molecule has 1 fully saturated rings. The van der Waals surface area contributed by atoms with Crippen molar-refractivity contribution in [2.45, 2.75) is 6.54 Å². The van der Waals surface area contributed by atoms with E-state index in [4.69, 9.17) is 4.74 Å². The smallest absolute Gasteiger partial charge is 0.242 e. The van der Waals surface area contributed by atoms with Gasteiger partial charge in [0.1, 0.15) is 6.54 Å². The number of ketones is 1. The number of amides is 1. The highest BCUT2D eigenvalue weighted by molar-refractivity contribution is 6.08. The van der Waals surface area contributed by atoms with Gasteiger partial charge in [-0.3, -0.25) is 9.59 Å². The molecule has 0 N–H and O–H groups in total. The van der Waals surface area contributed by atoms with E-state index in [1.54, 1.807) is 39.9 Å². The zero-order valence-electron chi connectivity index (χ0n) is 12.3. The molecule has 1 amide bonds. The lowest BCUT2D eigenvalue weighted by Crippen LogP contribution is -2.42. The summed E-state index contributed by atoms with van der Waals surface area (Å²) in [7, 11) is 0. The predicted molar refractivity (Wildman–Crippen MR) is 81.7 cm³/mol. The van der Waals surface area contributed by atoms with Crippen LogP contribution in [0.3, 0.4) is 0 Å². The van der Waals surface area contributed by atoms with Gasteiger partial charge < -0.3 is 14.2 Å². The van der Waals surface area contributed by atoms with Gasteiger partial charge in [-0.1, -0.05) is 30.3 Å². The summed E-state index contributed by atoms with van der Waals surface area (Å²) in [6.45, 7) is 2.56.